The Balaban J connectivity index is 1.75. The predicted octanol–water partition coefficient (Wildman–Crippen LogP) is 5.92. The molecule has 4 N–H and O–H groups in total. The van der Waals surface area contributed by atoms with Crippen molar-refractivity contribution in [1.29, 1.82) is 0 Å². The SMILES string of the molecule is C=C(C(N)=O)c1cc2c(Nc3ccc(Oc4cccc(C(F)(F)F)c4)cc3C(C)(C)O)ncnc2cc1OC. The van der Waals surface area contributed by atoms with E-state index in [0.717, 1.165) is 12.1 Å². The molecule has 0 spiro atoms. The number of nitrogens with zero attached hydrogens (tertiary/aromatic N) is 2. The molecule has 0 atom stereocenters. The fourth-order valence-electron chi connectivity index (χ4n) is 3.92. The Morgan fingerprint density at radius 1 is 1.05 bits per heavy atom. The smallest absolute Gasteiger partial charge is 0.416 e. The molecular weight excluding hydrogens is 513 g/mol. The molecule has 1 heterocycles. The molecule has 0 unspecified atom stereocenters. The van der Waals surface area contributed by atoms with Crippen LogP contribution in [0.15, 0.2) is 67.5 Å². The van der Waals surface area contributed by atoms with Crippen molar-refractivity contribution >= 4 is 33.9 Å². The molecule has 1 amide bonds. The van der Waals surface area contributed by atoms with Gasteiger partial charge in [0.1, 0.15) is 29.4 Å². The van der Waals surface area contributed by atoms with Crippen LogP contribution >= 0.6 is 0 Å². The number of hydrogen-bond acceptors (Lipinski definition) is 7. The van der Waals surface area contributed by atoms with E-state index in [-0.39, 0.29) is 17.1 Å². The van der Waals surface area contributed by atoms with Gasteiger partial charge in [0.2, 0.25) is 5.91 Å². The Bertz CT molecular complexity index is 1580. The maximum absolute atomic E-state index is 13.1. The molecule has 0 aliphatic rings. The number of methoxy groups -OCH3 is 1. The highest BCUT2D eigenvalue weighted by Gasteiger charge is 2.31. The van der Waals surface area contributed by atoms with E-state index in [1.54, 1.807) is 38.1 Å². The van der Waals surface area contributed by atoms with Gasteiger partial charge in [0.25, 0.3) is 0 Å². The third-order valence-corrected chi connectivity index (χ3v) is 5.88. The lowest BCUT2D eigenvalue weighted by Gasteiger charge is -2.23. The molecule has 8 nitrogen and oxygen atoms in total. The molecule has 0 bridgehead atoms. The highest BCUT2D eigenvalue weighted by atomic mass is 19.4. The molecule has 1 aromatic heterocycles. The summed E-state index contributed by atoms with van der Waals surface area (Å²) in [6.45, 7) is 6.85. The minimum absolute atomic E-state index is 0.00909. The van der Waals surface area contributed by atoms with Gasteiger partial charge in [0, 0.05) is 33.8 Å². The lowest BCUT2D eigenvalue weighted by Crippen LogP contribution is -2.18. The second-order valence-corrected chi connectivity index (χ2v) is 9.15. The van der Waals surface area contributed by atoms with Crippen molar-refractivity contribution in [2.45, 2.75) is 25.6 Å². The number of halogens is 3. The van der Waals surface area contributed by atoms with Crippen LogP contribution < -0.4 is 20.5 Å². The molecule has 4 aromatic rings. The topological polar surface area (TPSA) is 120 Å². The summed E-state index contributed by atoms with van der Waals surface area (Å²) in [6.07, 6.45) is -3.18. The number of hydrogen-bond donors (Lipinski definition) is 3. The van der Waals surface area contributed by atoms with Crippen molar-refractivity contribution in [2.24, 2.45) is 5.73 Å². The molecule has 0 aliphatic carbocycles. The normalized spacial score (nSPS) is 11.8. The number of rotatable bonds is 8. The zero-order valence-corrected chi connectivity index (χ0v) is 21.3. The molecule has 4 rings (SSSR count). The lowest BCUT2D eigenvalue weighted by atomic mass is 9.96. The van der Waals surface area contributed by atoms with E-state index in [9.17, 15) is 23.1 Å². The van der Waals surface area contributed by atoms with Crippen LogP contribution in [0.1, 0.15) is 30.5 Å². The Hall–Kier alpha value is -4.64. The summed E-state index contributed by atoms with van der Waals surface area (Å²) in [5.41, 5.74) is 4.94. The number of aliphatic hydroxyl groups is 1. The third kappa shape index (κ3) is 5.93. The van der Waals surface area contributed by atoms with Gasteiger partial charge < -0.3 is 25.6 Å². The van der Waals surface area contributed by atoms with Crippen LogP contribution in [0.3, 0.4) is 0 Å². The van der Waals surface area contributed by atoms with E-state index in [4.69, 9.17) is 15.2 Å². The van der Waals surface area contributed by atoms with Gasteiger partial charge in [-0.25, -0.2) is 9.97 Å². The first kappa shape index (κ1) is 27.4. The van der Waals surface area contributed by atoms with E-state index >= 15 is 0 Å². The van der Waals surface area contributed by atoms with E-state index in [1.165, 1.54) is 31.6 Å². The van der Waals surface area contributed by atoms with Gasteiger partial charge in [-0.2, -0.15) is 13.2 Å². The van der Waals surface area contributed by atoms with Crippen molar-refractivity contribution in [3.8, 4) is 17.2 Å². The van der Waals surface area contributed by atoms with E-state index in [2.05, 4.69) is 21.9 Å². The maximum atomic E-state index is 13.1. The van der Waals surface area contributed by atoms with Gasteiger partial charge >= 0.3 is 6.18 Å². The van der Waals surface area contributed by atoms with Gasteiger partial charge in [0.15, 0.2) is 0 Å². The van der Waals surface area contributed by atoms with Crippen LogP contribution in [0, 0.1) is 0 Å². The summed E-state index contributed by atoms with van der Waals surface area (Å²) in [5, 5.41) is 14.6. The first-order valence-electron chi connectivity index (χ1n) is 11.6. The van der Waals surface area contributed by atoms with Crippen LogP contribution in [0.4, 0.5) is 24.7 Å². The molecule has 0 saturated carbocycles. The van der Waals surface area contributed by atoms with Crippen LogP contribution in [0.5, 0.6) is 17.2 Å². The summed E-state index contributed by atoms with van der Waals surface area (Å²) >= 11 is 0. The highest BCUT2D eigenvalue weighted by Crippen LogP contribution is 2.38. The van der Waals surface area contributed by atoms with Crippen molar-refractivity contribution < 1.29 is 32.5 Å². The molecule has 11 heteroatoms. The van der Waals surface area contributed by atoms with Crippen molar-refractivity contribution in [3.63, 3.8) is 0 Å². The summed E-state index contributed by atoms with van der Waals surface area (Å²) < 4.78 is 50.4. The molecule has 39 heavy (non-hydrogen) atoms. The molecule has 0 aliphatic heterocycles. The van der Waals surface area contributed by atoms with E-state index < -0.39 is 23.2 Å². The number of benzene rings is 3. The van der Waals surface area contributed by atoms with E-state index in [1.807, 2.05) is 0 Å². The van der Waals surface area contributed by atoms with Crippen LogP contribution in [0.2, 0.25) is 0 Å². The fraction of sp³-hybridized carbons (Fsp3) is 0.179. The average molecular weight is 539 g/mol. The summed E-state index contributed by atoms with van der Waals surface area (Å²) in [5.74, 6) is 0.182. The van der Waals surface area contributed by atoms with Crippen molar-refractivity contribution in [3.05, 3.63) is 84.2 Å². The minimum Gasteiger partial charge on any atom is -0.496 e. The number of nitrogens with one attached hydrogen (secondary N) is 1. The predicted molar refractivity (Wildman–Crippen MR) is 141 cm³/mol. The monoisotopic (exact) mass is 538 g/mol. The molecule has 0 fully saturated rings. The fourth-order valence-corrected chi connectivity index (χ4v) is 3.92. The highest BCUT2D eigenvalue weighted by molar-refractivity contribution is 6.19. The zero-order chi connectivity index (χ0) is 28.5. The van der Waals surface area contributed by atoms with E-state index in [0.29, 0.717) is 39.3 Å². The Kier molecular flexibility index (Phi) is 7.21. The summed E-state index contributed by atoms with van der Waals surface area (Å²) in [7, 11) is 1.44. The zero-order valence-electron chi connectivity index (χ0n) is 21.3. The third-order valence-electron chi connectivity index (χ3n) is 5.88. The lowest BCUT2D eigenvalue weighted by molar-refractivity contribution is -0.137. The van der Waals surface area contributed by atoms with Crippen LogP contribution in [-0.2, 0) is 16.6 Å². The van der Waals surface area contributed by atoms with Gasteiger partial charge in [-0.1, -0.05) is 12.6 Å². The number of fused-ring (bicyclic) bond motifs is 1. The number of carbonyl (C=O) groups is 1. The number of nitrogens with two attached hydrogens (primary N) is 1. The Morgan fingerprint density at radius 2 is 1.77 bits per heavy atom. The number of amides is 1. The van der Waals surface area contributed by atoms with Gasteiger partial charge in [-0.15, -0.1) is 0 Å². The number of carbonyl (C=O) groups excluding carboxylic acids is 1. The first-order valence-corrected chi connectivity index (χ1v) is 11.6. The Labute approximate surface area is 221 Å². The largest absolute Gasteiger partial charge is 0.496 e. The number of anilines is 2. The summed E-state index contributed by atoms with van der Waals surface area (Å²) in [4.78, 5) is 20.4. The van der Waals surface area contributed by atoms with Crippen molar-refractivity contribution in [1.82, 2.24) is 9.97 Å². The molecule has 3 aromatic carbocycles. The van der Waals surface area contributed by atoms with Gasteiger partial charge in [0.05, 0.1) is 23.8 Å². The van der Waals surface area contributed by atoms with Gasteiger partial charge in [-0.3, -0.25) is 4.79 Å². The van der Waals surface area contributed by atoms with Crippen LogP contribution in [-0.4, -0.2) is 28.1 Å². The number of primary amides is 1. The molecule has 202 valence electrons. The molecular formula is C28H25F3N4O4. The standard InChI is InChI=1S/C28H25F3N4O4/c1-15(25(32)36)19-12-20-23(13-24(19)38-4)33-14-34-26(20)35-22-9-8-18(11-21(22)27(2,3)37)39-17-7-5-6-16(10-17)28(29,30)31/h5-14,37H,1H2,2-4H3,(H2,32,36)(H,33,34,35). The van der Waals surface area contributed by atoms with Gasteiger partial charge in [-0.05, 0) is 56.3 Å². The first-order chi connectivity index (χ1) is 18.3. The van der Waals surface area contributed by atoms with Crippen LogP contribution in [0.25, 0.3) is 16.5 Å². The average Bonchev–Trinajstić information content (AvgIpc) is 2.87. The number of ether oxygens (including phenoxy) is 2. The second kappa shape index (κ2) is 10.3. The number of alkyl halides is 3. The second-order valence-electron chi connectivity index (χ2n) is 9.15. The quantitative estimate of drug-likeness (QED) is 0.238. The number of aromatic nitrogens is 2. The molecule has 0 saturated heterocycles. The minimum atomic E-state index is -4.51. The Morgan fingerprint density at radius 3 is 2.41 bits per heavy atom. The summed E-state index contributed by atoms with van der Waals surface area (Å²) in [6, 6.07) is 12.4. The maximum Gasteiger partial charge on any atom is 0.416 e. The molecule has 0 radical (unpaired) electrons. The van der Waals surface area contributed by atoms with Crippen molar-refractivity contribution in [2.75, 3.05) is 12.4 Å².